The number of hydrogen-bond donors (Lipinski definition) is 0. The minimum absolute atomic E-state index is 0.0800. The van der Waals surface area contributed by atoms with Crippen molar-refractivity contribution in [3.8, 4) is 23.3 Å². The fraction of sp³-hybridized carbons (Fsp3) is 0.290. The van der Waals surface area contributed by atoms with Crippen LogP contribution < -0.4 is 19.1 Å². The van der Waals surface area contributed by atoms with Crippen molar-refractivity contribution in [3.63, 3.8) is 0 Å². The molecule has 0 bridgehead atoms. The SMILES string of the molecule is CCOc1cc(/C=C(\C#N)C(=O)N2CCc3ccccc32)ccc1OCCCOc1ccc(C)cc1C. The van der Waals surface area contributed by atoms with Gasteiger partial charge in [0.05, 0.1) is 19.8 Å². The zero-order chi connectivity index (χ0) is 26.2. The summed E-state index contributed by atoms with van der Waals surface area (Å²) in [6.07, 6.45) is 3.11. The summed E-state index contributed by atoms with van der Waals surface area (Å²) in [5.74, 6) is 1.78. The quantitative estimate of drug-likeness (QED) is 0.194. The second-order valence-corrected chi connectivity index (χ2v) is 8.96. The van der Waals surface area contributed by atoms with Crippen LogP contribution in [0.4, 0.5) is 5.69 Å². The third-order valence-electron chi connectivity index (χ3n) is 6.20. The Morgan fingerprint density at radius 3 is 2.49 bits per heavy atom. The molecular formula is C31H32N2O4. The summed E-state index contributed by atoms with van der Waals surface area (Å²) in [6, 6.07) is 21.5. The van der Waals surface area contributed by atoms with Gasteiger partial charge in [0, 0.05) is 18.7 Å². The van der Waals surface area contributed by atoms with Crippen LogP contribution in [-0.2, 0) is 11.2 Å². The van der Waals surface area contributed by atoms with Crippen LogP contribution in [0.5, 0.6) is 17.2 Å². The van der Waals surface area contributed by atoms with E-state index < -0.39 is 0 Å². The van der Waals surface area contributed by atoms with Gasteiger partial charge in [-0.2, -0.15) is 5.26 Å². The maximum Gasteiger partial charge on any atom is 0.268 e. The van der Waals surface area contributed by atoms with Gasteiger partial charge < -0.3 is 19.1 Å². The maximum atomic E-state index is 13.1. The summed E-state index contributed by atoms with van der Waals surface area (Å²) in [6.45, 7) is 8.05. The molecule has 1 aliphatic heterocycles. The fourth-order valence-corrected chi connectivity index (χ4v) is 4.39. The van der Waals surface area contributed by atoms with Gasteiger partial charge in [0.1, 0.15) is 17.4 Å². The van der Waals surface area contributed by atoms with Gasteiger partial charge in [0.2, 0.25) is 0 Å². The first-order chi connectivity index (χ1) is 18.0. The molecule has 3 aromatic carbocycles. The summed E-state index contributed by atoms with van der Waals surface area (Å²) in [4.78, 5) is 14.8. The molecule has 0 saturated carbocycles. The first-order valence-corrected chi connectivity index (χ1v) is 12.6. The normalized spacial score (nSPS) is 12.6. The number of amides is 1. The smallest absolute Gasteiger partial charge is 0.268 e. The number of para-hydroxylation sites is 1. The molecule has 37 heavy (non-hydrogen) atoms. The lowest BCUT2D eigenvalue weighted by Gasteiger charge is -2.17. The molecular weight excluding hydrogens is 464 g/mol. The second kappa shape index (κ2) is 12.1. The predicted octanol–water partition coefficient (Wildman–Crippen LogP) is 6.05. The molecule has 6 heteroatoms. The Kier molecular flexibility index (Phi) is 8.48. The van der Waals surface area contributed by atoms with Crippen LogP contribution in [0, 0.1) is 25.2 Å². The minimum Gasteiger partial charge on any atom is -0.493 e. The van der Waals surface area contributed by atoms with Crippen molar-refractivity contribution in [1.82, 2.24) is 0 Å². The van der Waals surface area contributed by atoms with E-state index in [-0.39, 0.29) is 11.5 Å². The number of aryl methyl sites for hydroxylation is 2. The number of nitriles is 1. The lowest BCUT2D eigenvalue weighted by molar-refractivity contribution is -0.114. The molecule has 0 aliphatic carbocycles. The van der Waals surface area contributed by atoms with Gasteiger partial charge in [-0.15, -0.1) is 0 Å². The van der Waals surface area contributed by atoms with E-state index in [1.54, 1.807) is 17.0 Å². The highest BCUT2D eigenvalue weighted by Crippen LogP contribution is 2.31. The number of fused-ring (bicyclic) bond motifs is 1. The fourth-order valence-electron chi connectivity index (χ4n) is 4.39. The molecule has 1 heterocycles. The van der Waals surface area contributed by atoms with Crippen LogP contribution >= 0.6 is 0 Å². The van der Waals surface area contributed by atoms with Gasteiger partial charge in [-0.1, -0.05) is 42.0 Å². The predicted molar refractivity (Wildman–Crippen MR) is 145 cm³/mol. The second-order valence-electron chi connectivity index (χ2n) is 8.96. The molecule has 190 valence electrons. The Labute approximate surface area is 218 Å². The molecule has 1 amide bonds. The van der Waals surface area contributed by atoms with Gasteiger partial charge in [-0.25, -0.2) is 0 Å². The number of nitrogens with zero attached hydrogens (tertiary/aromatic N) is 2. The van der Waals surface area contributed by atoms with E-state index in [2.05, 4.69) is 19.1 Å². The summed E-state index contributed by atoms with van der Waals surface area (Å²) in [5.41, 5.74) is 5.10. The molecule has 0 spiro atoms. The van der Waals surface area contributed by atoms with Crippen LogP contribution in [0.3, 0.4) is 0 Å². The van der Waals surface area contributed by atoms with E-state index in [1.165, 1.54) is 5.56 Å². The summed E-state index contributed by atoms with van der Waals surface area (Å²) in [7, 11) is 0. The Balaban J connectivity index is 1.40. The van der Waals surface area contributed by atoms with Crippen LogP contribution in [0.15, 0.2) is 66.2 Å². The van der Waals surface area contributed by atoms with E-state index >= 15 is 0 Å². The number of ether oxygens (including phenoxy) is 3. The van der Waals surface area contributed by atoms with Gasteiger partial charge >= 0.3 is 0 Å². The third kappa shape index (κ3) is 6.31. The minimum atomic E-state index is -0.297. The Morgan fingerprint density at radius 2 is 1.73 bits per heavy atom. The highest BCUT2D eigenvalue weighted by atomic mass is 16.5. The maximum absolute atomic E-state index is 13.1. The first kappa shape index (κ1) is 25.8. The Bertz CT molecular complexity index is 1340. The highest BCUT2D eigenvalue weighted by molar-refractivity contribution is 6.12. The van der Waals surface area contributed by atoms with E-state index in [9.17, 15) is 10.1 Å². The molecule has 0 radical (unpaired) electrons. The molecule has 0 fully saturated rings. The van der Waals surface area contributed by atoms with E-state index in [4.69, 9.17) is 14.2 Å². The number of anilines is 1. The summed E-state index contributed by atoms with van der Waals surface area (Å²) in [5, 5.41) is 9.74. The first-order valence-electron chi connectivity index (χ1n) is 12.6. The van der Waals surface area contributed by atoms with Crippen LogP contribution in [0.25, 0.3) is 6.08 Å². The van der Waals surface area contributed by atoms with Gasteiger partial charge in [0.15, 0.2) is 11.5 Å². The molecule has 0 aromatic heterocycles. The third-order valence-corrected chi connectivity index (χ3v) is 6.20. The van der Waals surface area contributed by atoms with E-state index in [0.29, 0.717) is 49.8 Å². The van der Waals surface area contributed by atoms with Gasteiger partial charge in [-0.05, 0) is 74.2 Å². The van der Waals surface area contributed by atoms with Gasteiger partial charge in [-0.3, -0.25) is 4.79 Å². The zero-order valence-electron chi connectivity index (χ0n) is 21.6. The van der Waals surface area contributed by atoms with Crippen molar-refractivity contribution in [2.75, 3.05) is 31.3 Å². The summed E-state index contributed by atoms with van der Waals surface area (Å²) < 4.78 is 17.6. The Morgan fingerprint density at radius 1 is 0.973 bits per heavy atom. The van der Waals surface area contributed by atoms with Crippen molar-refractivity contribution in [1.29, 1.82) is 5.26 Å². The molecule has 3 aromatic rings. The van der Waals surface area contributed by atoms with Crippen molar-refractivity contribution in [2.24, 2.45) is 0 Å². The number of benzene rings is 3. The summed E-state index contributed by atoms with van der Waals surface area (Å²) >= 11 is 0. The highest BCUT2D eigenvalue weighted by Gasteiger charge is 2.26. The molecule has 0 saturated heterocycles. The van der Waals surface area contributed by atoms with Crippen LogP contribution in [0.1, 0.15) is 35.6 Å². The van der Waals surface area contributed by atoms with Crippen molar-refractivity contribution >= 4 is 17.7 Å². The van der Waals surface area contributed by atoms with Crippen molar-refractivity contribution in [3.05, 3.63) is 88.5 Å². The molecule has 0 unspecified atom stereocenters. The zero-order valence-corrected chi connectivity index (χ0v) is 21.6. The molecule has 6 nitrogen and oxygen atoms in total. The number of carbonyl (C=O) groups excluding carboxylic acids is 1. The van der Waals surface area contributed by atoms with E-state index in [0.717, 1.165) is 29.0 Å². The molecule has 0 N–H and O–H groups in total. The van der Waals surface area contributed by atoms with Gasteiger partial charge in [0.25, 0.3) is 5.91 Å². The average molecular weight is 497 g/mol. The number of rotatable bonds is 10. The average Bonchev–Trinajstić information content (AvgIpc) is 3.33. The molecule has 1 aliphatic rings. The monoisotopic (exact) mass is 496 g/mol. The molecule has 0 atom stereocenters. The van der Waals surface area contributed by atoms with E-state index in [1.807, 2.05) is 62.4 Å². The standard InChI is InChI=1S/C31H32N2O4/c1-4-35-30-20-24(19-26(21-32)31(34)33-15-14-25-8-5-6-9-27(25)33)11-13-29(30)37-17-7-16-36-28-12-10-22(2)18-23(28)3/h5-6,8-13,18-20H,4,7,14-17H2,1-3H3/b26-19+. The molecule has 4 rings (SSSR count). The van der Waals surface area contributed by atoms with Crippen molar-refractivity contribution < 1.29 is 19.0 Å². The Hall–Kier alpha value is -4.24. The lowest BCUT2D eigenvalue weighted by Crippen LogP contribution is -2.29. The van der Waals surface area contributed by atoms with Crippen LogP contribution in [-0.4, -0.2) is 32.3 Å². The number of hydrogen-bond acceptors (Lipinski definition) is 5. The number of carbonyl (C=O) groups is 1. The largest absolute Gasteiger partial charge is 0.493 e. The van der Waals surface area contributed by atoms with Crippen molar-refractivity contribution in [2.45, 2.75) is 33.6 Å². The topological polar surface area (TPSA) is 71.8 Å². The lowest BCUT2D eigenvalue weighted by atomic mass is 10.1. The van der Waals surface area contributed by atoms with Crippen LogP contribution in [0.2, 0.25) is 0 Å².